The summed E-state index contributed by atoms with van der Waals surface area (Å²) in [4.78, 5) is 23.7. The van der Waals surface area contributed by atoms with Crippen LogP contribution in [0.15, 0.2) is 66.7 Å². The second-order valence-corrected chi connectivity index (χ2v) is 5.73. The molecule has 2 N–H and O–H groups in total. The maximum Gasteiger partial charge on any atom is 1.00 e. The number of carbonyl (C=O) groups is 2. The van der Waals surface area contributed by atoms with E-state index in [4.69, 9.17) is 0 Å². The third kappa shape index (κ3) is 4.93. The van der Waals surface area contributed by atoms with Gasteiger partial charge in [-0.15, -0.1) is 0 Å². The van der Waals surface area contributed by atoms with Crippen LogP contribution in [-0.4, -0.2) is 23.0 Å². The van der Waals surface area contributed by atoms with Crippen LogP contribution in [0.2, 0.25) is 0 Å². The molecule has 126 valence electrons. The van der Waals surface area contributed by atoms with Crippen molar-refractivity contribution in [3.8, 4) is 5.75 Å². The van der Waals surface area contributed by atoms with Gasteiger partial charge in [0.1, 0.15) is 5.75 Å². The first-order chi connectivity index (χ1) is 12.0. The molecule has 0 saturated heterocycles. The standard InChI is InChI=1S/C20H17NO4.K/c22-16-10-8-14(9-11-16)19(23)21-18(20(24)25)12-15-6-3-5-13-4-1-2-7-17(13)15;/h1-11,18,22H,12H2,(H,21,23)(H,24,25);/q;+1/p-1. The first-order valence-corrected chi connectivity index (χ1v) is 7.82. The summed E-state index contributed by atoms with van der Waals surface area (Å²) in [6, 6.07) is 17.7. The number of nitrogens with one attached hydrogen (secondary N) is 1. The van der Waals surface area contributed by atoms with E-state index >= 15 is 0 Å². The number of benzene rings is 3. The normalized spacial score (nSPS) is 11.4. The molecule has 1 unspecified atom stereocenters. The number of carboxylic acids is 1. The van der Waals surface area contributed by atoms with Gasteiger partial charge in [0.25, 0.3) is 5.91 Å². The molecule has 0 bridgehead atoms. The third-order valence-electron chi connectivity index (χ3n) is 4.02. The number of aromatic hydroxyl groups is 1. The Morgan fingerprint density at radius 2 is 1.62 bits per heavy atom. The molecular weight excluding hydrogens is 357 g/mol. The zero-order chi connectivity index (χ0) is 17.8. The van der Waals surface area contributed by atoms with Crippen molar-refractivity contribution >= 4 is 22.6 Å². The fraction of sp³-hybridized carbons (Fsp3) is 0.100. The number of phenolic OH excluding ortho intramolecular Hbond substituents is 1. The van der Waals surface area contributed by atoms with Gasteiger partial charge in [-0.2, -0.15) is 0 Å². The van der Waals surface area contributed by atoms with Crippen molar-refractivity contribution in [2.75, 3.05) is 0 Å². The topological polar surface area (TPSA) is 89.5 Å². The number of carboxylic acid groups (broad SMARTS) is 1. The number of carbonyl (C=O) groups excluding carboxylic acids is 2. The summed E-state index contributed by atoms with van der Waals surface area (Å²) in [7, 11) is 0. The van der Waals surface area contributed by atoms with Gasteiger partial charge in [-0.1, -0.05) is 42.5 Å². The van der Waals surface area contributed by atoms with Gasteiger partial charge < -0.3 is 20.3 Å². The van der Waals surface area contributed by atoms with Crippen molar-refractivity contribution in [3.05, 3.63) is 77.9 Å². The van der Waals surface area contributed by atoms with Gasteiger partial charge >= 0.3 is 51.4 Å². The molecule has 0 fully saturated rings. The molecule has 0 aliphatic carbocycles. The largest absolute Gasteiger partial charge is 1.00 e. The van der Waals surface area contributed by atoms with Crippen LogP contribution in [0.1, 0.15) is 15.9 Å². The SMILES string of the molecule is O=C(NC(Cc1cccc2ccccc12)C(=O)[O-])c1ccc(O)cc1.[K+]. The Balaban J connectivity index is 0.00000243. The van der Waals surface area contributed by atoms with Crippen molar-refractivity contribution < 1.29 is 71.2 Å². The zero-order valence-corrected chi connectivity index (χ0v) is 17.4. The van der Waals surface area contributed by atoms with E-state index in [1.807, 2.05) is 42.5 Å². The van der Waals surface area contributed by atoms with E-state index in [2.05, 4.69) is 5.32 Å². The van der Waals surface area contributed by atoms with E-state index in [0.29, 0.717) is 0 Å². The van der Waals surface area contributed by atoms with Gasteiger partial charge in [-0.25, -0.2) is 0 Å². The number of hydrogen-bond acceptors (Lipinski definition) is 4. The number of fused-ring (bicyclic) bond motifs is 1. The average Bonchev–Trinajstić information content (AvgIpc) is 2.61. The van der Waals surface area contributed by atoms with Crippen molar-refractivity contribution in [2.24, 2.45) is 0 Å². The van der Waals surface area contributed by atoms with Gasteiger partial charge in [0.05, 0.1) is 12.0 Å². The fourth-order valence-electron chi connectivity index (χ4n) is 2.74. The minimum absolute atomic E-state index is 0. The monoisotopic (exact) mass is 373 g/mol. The maximum atomic E-state index is 12.2. The summed E-state index contributed by atoms with van der Waals surface area (Å²) in [6.07, 6.45) is 0.119. The van der Waals surface area contributed by atoms with E-state index in [1.54, 1.807) is 0 Å². The Morgan fingerprint density at radius 3 is 2.31 bits per heavy atom. The average molecular weight is 373 g/mol. The zero-order valence-electron chi connectivity index (χ0n) is 14.3. The smallest absolute Gasteiger partial charge is 0.548 e. The maximum absolute atomic E-state index is 12.2. The minimum atomic E-state index is -1.35. The second kappa shape index (κ2) is 9.30. The van der Waals surface area contributed by atoms with Crippen molar-refractivity contribution in [1.29, 1.82) is 0 Å². The summed E-state index contributed by atoms with van der Waals surface area (Å²) < 4.78 is 0. The fourth-order valence-corrected chi connectivity index (χ4v) is 2.74. The molecule has 5 nitrogen and oxygen atoms in total. The van der Waals surface area contributed by atoms with Crippen LogP contribution < -0.4 is 61.8 Å². The molecule has 0 saturated carbocycles. The first-order valence-electron chi connectivity index (χ1n) is 7.82. The summed E-state index contributed by atoms with van der Waals surface area (Å²) in [6.45, 7) is 0. The number of rotatable bonds is 5. The molecule has 1 atom stereocenters. The van der Waals surface area contributed by atoms with Gasteiger partial charge in [0, 0.05) is 5.56 Å². The second-order valence-electron chi connectivity index (χ2n) is 5.73. The van der Waals surface area contributed by atoms with Crippen LogP contribution in [0.25, 0.3) is 10.8 Å². The van der Waals surface area contributed by atoms with Gasteiger partial charge in [-0.3, -0.25) is 4.79 Å². The molecule has 0 aliphatic rings. The Kier molecular flexibility index (Phi) is 7.37. The van der Waals surface area contributed by atoms with Gasteiger partial charge in [0.2, 0.25) is 0 Å². The minimum Gasteiger partial charge on any atom is -0.548 e. The summed E-state index contributed by atoms with van der Waals surface area (Å²) in [5, 5.41) is 25.2. The van der Waals surface area contributed by atoms with Crippen LogP contribution in [0.3, 0.4) is 0 Å². The van der Waals surface area contributed by atoms with Crippen molar-refractivity contribution in [3.63, 3.8) is 0 Å². The summed E-state index contributed by atoms with van der Waals surface area (Å²) in [5.41, 5.74) is 1.08. The van der Waals surface area contributed by atoms with Gasteiger partial charge in [-0.05, 0) is 47.0 Å². The molecule has 0 aromatic heterocycles. The summed E-state index contributed by atoms with van der Waals surface area (Å²) in [5.74, 6) is -1.85. The van der Waals surface area contributed by atoms with Gasteiger partial charge in [0.15, 0.2) is 0 Å². The molecule has 3 rings (SSSR count). The molecule has 26 heavy (non-hydrogen) atoms. The Hall–Kier alpha value is -1.70. The molecule has 0 radical (unpaired) electrons. The molecular formula is C20H16KNO4. The van der Waals surface area contributed by atoms with E-state index in [0.717, 1.165) is 16.3 Å². The molecule has 0 heterocycles. The molecule has 6 heteroatoms. The third-order valence-corrected chi connectivity index (χ3v) is 4.02. The molecule has 3 aromatic carbocycles. The predicted octanol–water partition coefficient (Wildman–Crippen LogP) is -1.36. The molecule has 0 spiro atoms. The molecule has 3 aromatic rings. The number of aliphatic carboxylic acids is 1. The van der Waals surface area contributed by atoms with E-state index in [9.17, 15) is 19.8 Å². The van der Waals surface area contributed by atoms with Crippen LogP contribution in [0.4, 0.5) is 0 Å². The number of amides is 1. The van der Waals surface area contributed by atoms with Crippen LogP contribution in [-0.2, 0) is 11.2 Å². The van der Waals surface area contributed by atoms with Crippen LogP contribution in [0, 0.1) is 0 Å². The first kappa shape index (κ1) is 20.6. The number of phenols is 1. The molecule has 0 aliphatic heterocycles. The van der Waals surface area contributed by atoms with Crippen LogP contribution >= 0.6 is 0 Å². The quantitative estimate of drug-likeness (QED) is 0.541. The van der Waals surface area contributed by atoms with E-state index < -0.39 is 17.9 Å². The Labute approximate surface area is 193 Å². The summed E-state index contributed by atoms with van der Waals surface area (Å²) >= 11 is 0. The Morgan fingerprint density at radius 1 is 0.962 bits per heavy atom. The van der Waals surface area contributed by atoms with E-state index in [-0.39, 0.29) is 69.1 Å². The van der Waals surface area contributed by atoms with Crippen molar-refractivity contribution in [1.82, 2.24) is 5.32 Å². The molecule has 1 amide bonds. The van der Waals surface area contributed by atoms with Crippen LogP contribution in [0.5, 0.6) is 5.75 Å². The predicted molar refractivity (Wildman–Crippen MR) is 92.0 cm³/mol. The van der Waals surface area contributed by atoms with Crippen molar-refractivity contribution in [2.45, 2.75) is 12.5 Å². The Bertz CT molecular complexity index is 919. The van der Waals surface area contributed by atoms with E-state index in [1.165, 1.54) is 24.3 Å². The number of hydrogen-bond donors (Lipinski definition) is 2.